The molecule has 0 aliphatic carbocycles. The average Bonchev–Trinajstić information content (AvgIpc) is 2.39. The molecule has 18 heavy (non-hydrogen) atoms. The number of hydrogen-bond donors (Lipinski definition) is 0. The Labute approximate surface area is 106 Å². The Morgan fingerprint density at radius 1 is 1.56 bits per heavy atom. The van der Waals surface area contributed by atoms with Gasteiger partial charge in [-0.2, -0.15) is 5.26 Å². The summed E-state index contributed by atoms with van der Waals surface area (Å²) in [6.07, 6.45) is 2.83. The van der Waals surface area contributed by atoms with Crippen molar-refractivity contribution in [2.75, 3.05) is 6.61 Å². The van der Waals surface area contributed by atoms with Crippen molar-refractivity contribution in [3.8, 4) is 11.8 Å². The normalized spacial score (nSPS) is 11.8. The molecule has 4 heteroatoms. The number of allylic oxidation sites excluding steroid dienone is 1. The van der Waals surface area contributed by atoms with Crippen LogP contribution in [0.25, 0.3) is 0 Å². The van der Waals surface area contributed by atoms with Crippen LogP contribution in [-0.2, 0) is 9.53 Å². The Morgan fingerprint density at radius 3 is 3.00 bits per heavy atom. The van der Waals surface area contributed by atoms with Gasteiger partial charge in [-0.3, -0.25) is 0 Å². The van der Waals surface area contributed by atoms with E-state index in [0.717, 1.165) is 0 Å². The van der Waals surface area contributed by atoms with Gasteiger partial charge in [-0.1, -0.05) is 18.2 Å². The van der Waals surface area contributed by atoms with Crippen LogP contribution in [0.5, 0.6) is 5.75 Å². The molecule has 1 aromatic rings. The lowest BCUT2D eigenvalue weighted by atomic mass is 10.2. The number of rotatable bonds is 5. The van der Waals surface area contributed by atoms with Crippen molar-refractivity contribution in [3.63, 3.8) is 0 Å². The summed E-state index contributed by atoms with van der Waals surface area (Å²) in [5.74, 6) is 0.0417. The third-order valence-corrected chi connectivity index (χ3v) is 2.17. The van der Waals surface area contributed by atoms with E-state index in [-0.39, 0.29) is 6.61 Å². The molecular formula is C14H15NO3. The zero-order chi connectivity index (χ0) is 13.4. The fraction of sp³-hybridized carbons (Fsp3) is 0.286. The van der Waals surface area contributed by atoms with Crippen LogP contribution in [0.1, 0.15) is 19.4 Å². The van der Waals surface area contributed by atoms with Gasteiger partial charge in [-0.15, -0.1) is 0 Å². The lowest BCUT2D eigenvalue weighted by Crippen LogP contribution is -2.26. The van der Waals surface area contributed by atoms with Crippen LogP contribution >= 0.6 is 0 Å². The fourth-order valence-electron chi connectivity index (χ4n) is 1.24. The smallest absolute Gasteiger partial charge is 0.347 e. The molecular weight excluding hydrogens is 230 g/mol. The Morgan fingerprint density at radius 2 is 2.33 bits per heavy atom. The molecule has 0 aliphatic rings. The van der Waals surface area contributed by atoms with Crippen molar-refractivity contribution in [1.29, 1.82) is 5.26 Å². The van der Waals surface area contributed by atoms with Crippen LogP contribution in [0.15, 0.2) is 36.4 Å². The van der Waals surface area contributed by atoms with Gasteiger partial charge >= 0.3 is 5.97 Å². The third-order valence-electron chi connectivity index (χ3n) is 2.17. The topological polar surface area (TPSA) is 59.3 Å². The molecule has 0 amide bonds. The molecule has 0 fully saturated rings. The first-order valence-corrected chi connectivity index (χ1v) is 5.62. The maximum absolute atomic E-state index is 11.5. The van der Waals surface area contributed by atoms with E-state index in [2.05, 4.69) is 0 Å². The molecule has 1 atom stereocenters. The van der Waals surface area contributed by atoms with Gasteiger partial charge in [0.2, 0.25) is 0 Å². The van der Waals surface area contributed by atoms with Gasteiger partial charge < -0.3 is 9.47 Å². The highest BCUT2D eigenvalue weighted by atomic mass is 16.6. The number of esters is 1. The SMILES string of the molecule is CC=CCOC(=O)C(C)Oc1cccc(C#N)c1. The summed E-state index contributed by atoms with van der Waals surface area (Å²) in [5.41, 5.74) is 0.488. The first-order valence-electron chi connectivity index (χ1n) is 5.62. The Kier molecular flexibility index (Phi) is 5.46. The monoisotopic (exact) mass is 245 g/mol. The molecule has 0 heterocycles. The van der Waals surface area contributed by atoms with E-state index in [4.69, 9.17) is 14.7 Å². The van der Waals surface area contributed by atoms with Crippen LogP contribution < -0.4 is 4.74 Å². The second kappa shape index (κ2) is 7.13. The second-order valence-electron chi connectivity index (χ2n) is 3.60. The van der Waals surface area contributed by atoms with Gasteiger partial charge in [-0.25, -0.2) is 4.79 Å². The van der Waals surface area contributed by atoms with Gasteiger partial charge in [0.1, 0.15) is 12.4 Å². The predicted octanol–water partition coefficient (Wildman–Crippen LogP) is 2.44. The summed E-state index contributed by atoms with van der Waals surface area (Å²) in [6, 6.07) is 8.65. The van der Waals surface area contributed by atoms with E-state index in [1.807, 2.05) is 13.0 Å². The molecule has 0 radical (unpaired) electrons. The van der Waals surface area contributed by atoms with Gasteiger partial charge in [-0.05, 0) is 32.0 Å². The molecule has 94 valence electrons. The molecule has 1 unspecified atom stereocenters. The number of hydrogen-bond acceptors (Lipinski definition) is 4. The number of benzene rings is 1. The quantitative estimate of drug-likeness (QED) is 0.590. The maximum Gasteiger partial charge on any atom is 0.347 e. The lowest BCUT2D eigenvalue weighted by Gasteiger charge is -2.13. The van der Waals surface area contributed by atoms with Crippen molar-refractivity contribution >= 4 is 5.97 Å². The van der Waals surface area contributed by atoms with Crippen molar-refractivity contribution in [2.45, 2.75) is 20.0 Å². The highest BCUT2D eigenvalue weighted by molar-refractivity contribution is 5.74. The molecule has 0 bridgehead atoms. The predicted molar refractivity (Wildman–Crippen MR) is 67.0 cm³/mol. The summed E-state index contributed by atoms with van der Waals surface area (Å²) < 4.78 is 10.4. The number of ether oxygens (including phenoxy) is 2. The molecule has 1 rings (SSSR count). The molecule has 0 aliphatic heterocycles. The number of carbonyl (C=O) groups excluding carboxylic acids is 1. The Bertz CT molecular complexity index is 474. The van der Waals surface area contributed by atoms with E-state index in [1.165, 1.54) is 0 Å². The van der Waals surface area contributed by atoms with E-state index in [9.17, 15) is 4.79 Å². The summed E-state index contributed by atoms with van der Waals surface area (Å²) in [6.45, 7) is 3.69. The van der Waals surface area contributed by atoms with E-state index >= 15 is 0 Å². The number of carbonyl (C=O) groups is 1. The van der Waals surface area contributed by atoms with Gasteiger partial charge in [0.05, 0.1) is 11.6 Å². The average molecular weight is 245 g/mol. The van der Waals surface area contributed by atoms with Crippen LogP contribution in [0, 0.1) is 11.3 Å². The van der Waals surface area contributed by atoms with Crippen molar-refractivity contribution in [2.24, 2.45) is 0 Å². The summed E-state index contributed by atoms with van der Waals surface area (Å²) in [4.78, 5) is 11.5. The van der Waals surface area contributed by atoms with Gasteiger partial charge in [0, 0.05) is 0 Å². The fourth-order valence-corrected chi connectivity index (χ4v) is 1.24. The highest BCUT2D eigenvalue weighted by Gasteiger charge is 2.15. The first-order chi connectivity index (χ1) is 8.67. The minimum absolute atomic E-state index is 0.237. The largest absolute Gasteiger partial charge is 0.479 e. The summed E-state index contributed by atoms with van der Waals surface area (Å²) >= 11 is 0. The zero-order valence-corrected chi connectivity index (χ0v) is 10.4. The van der Waals surface area contributed by atoms with Crippen LogP contribution in [0.3, 0.4) is 0 Å². The standard InChI is InChI=1S/C14H15NO3/c1-3-4-8-17-14(16)11(2)18-13-7-5-6-12(9-13)10-15/h3-7,9,11H,8H2,1-2H3. The molecule has 4 nitrogen and oxygen atoms in total. The van der Waals surface area contributed by atoms with Crippen molar-refractivity contribution < 1.29 is 14.3 Å². The Balaban J connectivity index is 2.55. The number of nitriles is 1. The third kappa shape index (κ3) is 4.30. The van der Waals surface area contributed by atoms with Crippen molar-refractivity contribution in [1.82, 2.24) is 0 Å². The first kappa shape index (κ1) is 13.8. The molecule has 1 aromatic carbocycles. The van der Waals surface area contributed by atoms with Gasteiger partial charge in [0.25, 0.3) is 0 Å². The minimum atomic E-state index is -0.704. The maximum atomic E-state index is 11.5. The molecule has 0 saturated heterocycles. The minimum Gasteiger partial charge on any atom is -0.479 e. The molecule has 0 N–H and O–H groups in total. The second-order valence-corrected chi connectivity index (χ2v) is 3.60. The van der Waals surface area contributed by atoms with E-state index < -0.39 is 12.1 Å². The van der Waals surface area contributed by atoms with E-state index in [0.29, 0.717) is 11.3 Å². The van der Waals surface area contributed by atoms with Crippen LogP contribution in [0.2, 0.25) is 0 Å². The number of nitrogens with zero attached hydrogens (tertiary/aromatic N) is 1. The lowest BCUT2D eigenvalue weighted by molar-refractivity contribution is -0.149. The van der Waals surface area contributed by atoms with Crippen LogP contribution in [-0.4, -0.2) is 18.7 Å². The van der Waals surface area contributed by atoms with Crippen molar-refractivity contribution in [3.05, 3.63) is 42.0 Å². The summed E-state index contributed by atoms with van der Waals surface area (Å²) in [7, 11) is 0. The summed E-state index contributed by atoms with van der Waals surface area (Å²) in [5, 5.41) is 8.74. The molecule has 0 spiro atoms. The van der Waals surface area contributed by atoms with Crippen LogP contribution in [0.4, 0.5) is 0 Å². The zero-order valence-electron chi connectivity index (χ0n) is 10.4. The highest BCUT2D eigenvalue weighted by Crippen LogP contribution is 2.14. The molecule has 0 aromatic heterocycles. The Hall–Kier alpha value is -2.28. The molecule has 0 saturated carbocycles. The van der Waals surface area contributed by atoms with Gasteiger partial charge in [0.15, 0.2) is 6.10 Å². The van der Waals surface area contributed by atoms with E-state index in [1.54, 1.807) is 43.3 Å².